The molecule has 17 heavy (non-hydrogen) atoms. The third kappa shape index (κ3) is 1.95. The minimum Gasteiger partial charge on any atom is -0.494 e. The van der Waals surface area contributed by atoms with Crippen LogP contribution < -0.4 is 10.5 Å². The molecule has 0 aliphatic heterocycles. The summed E-state index contributed by atoms with van der Waals surface area (Å²) in [5.41, 5.74) is 7.71. The fourth-order valence-corrected chi connectivity index (χ4v) is 1.66. The first kappa shape index (κ1) is 11.4. The number of nitrogens with two attached hydrogens (primary N) is 1. The largest absolute Gasteiger partial charge is 0.494 e. The van der Waals surface area contributed by atoms with Crippen molar-refractivity contribution >= 4 is 5.82 Å². The zero-order chi connectivity index (χ0) is 12.6. The Labute approximate surface area is 98.8 Å². The summed E-state index contributed by atoms with van der Waals surface area (Å²) in [7, 11) is 3.20. The second kappa shape index (κ2) is 4.08. The molecule has 0 saturated heterocycles. The number of hydrogen-bond donors (Lipinski definition) is 1. The molecule has 0 spiro atoms. The summed E-state index contributed by atoms with van der Waals surface area (Å²) in [5, 5.41) is 4.24. The molecule has 1 aromatic heterocycles. The van der Waals surface area contributed by atoms with E-state index in [2.05, 4.69) is 5.10 Å². The van der Waals surface area contributed by atoms with Crippen LogP contribution in [0.5, 0.6) is 5.75 Å². The van der Waals surface area contributed by atoms with E-state index >= 15 is 0 Å². The van der Waals surface area contributed by atoms with E-state index in [9.17, 15) is 4.39 Å². The smallest absolute Gasteiger partial charge is 0.167 e. The second-order valence-electron chi connectivity index (χ2n) is 3.89. The van der Waals surface area contributed by atoms with Crippen LogP contribution in [0, 0.1) is 12.7 Å². The Balaban J connectivity index is 2.56. The summed E-state index contributed by atoms with van der Waals surface area (Å²) in [6, 6.07) is 5.08. The van der Waals surface area contributed by atoms with Gasteiger partial charge >= 0.3 is 0 Å². The first-order chi connectivity index (χ1) is 8.02. The highest BCUT2D eigenvalue weighted by atomic mass is 19.1. The van der Waals surface area contributed by atoms with Crippen molar-refractivity contribution in [2.75, 3.05) is 12.8 Å². The van der Waals surface area contributed by atoms with E-state index in [1.54, 1.807) is 36.9 Å². The highest BCUT2D eigenvalue weighted by molar-refractivity contribution is 5.65. The van der Waals surface area contributed by atoms with Crippen LogP contribution in [0.1, 0.15) is 5.56 Å². The van der Waals surface area contributed by atoms with E-state index in [0.29, 0.717) is 17.1 Å². The Morgan fingerprint density at radius 2 is 2.06 bits per heavy atom. The first-order valence-electron chi connectivity index (χ1n) is 5.17. The fraction of sp³-hybridized carbons (Fsp3) is 0.250. The third-order valence-electron chi connectivity index (χ3n) is 2.65. The van der Waals surface area contributed by atoms with Crippen LogP contribution in [0.25, 0.3) is 11.3 Å². The van der Waals surface area contributed by atoms with Crippen LogP contribution in [-0.2, 0) is 7.05 Å². The van der Waals surface area contributed by atoms with Crippen molar-refractivity contribution in [3.05, 3.63) is 29.6 Å². The molecular formula is C12H14FN3O. The Bertz CT molecular complexity index is 544. The van der Waals surface area contributed by atoms with Gasteiger partial charge in [0, 0.05) is 18.7 Å². The number of aryl methyl sites for hydroxylation is 2. The SMILES string of the molecule is COc1cc(-c2cc(N)n(C)n2)cc(C)c1F. The summed E-state index contributed by atoms with van der Waals surface area (Å²) < 4.78 is 20.2. The monoisotopic (exact) mass is 235 g/mol. The van der Waals surface area contributed by atoms with Crippen LogP contribution in [-0.4, -0.2) is 16.9 Å². The molecule has 90 valence electrons. The maximum Gasteiger partial charge on any atom is 0.167 e. The summed E-state index contributed by atoms with van der Waals surface area (Å²) >= 11 is 0. The molecule has 2 N–H and O–H groups in total. The number of aromatic nitrogens is 2. The Morgan fingerprint density at radius 3 is 2.59 bits per heavy atom. The van der Waals surface area contributed by atoms with Gasteiger partial charge in [0.1, 0.15) is 5.82 Å². The highest BCUT2D eigenvalue weighted by Gasteiger charge is 2.12. The minimum atomic E-state index is -0.347. The summed E-state index contributed by atoms with van der Waals surface area (Å²) in [5.74, 6) is 0.422. The molecule has 0 radical (unpaired) electrons. The first-order valence-corrected chi connectivity index (χ1v) is 5.17. The lowest BCUT2D eigenvalue weighted by Gasteiger charge is -2.06. The van der Waals surface area contributed by atoms with Gasteiger partial charge in [0.25, 0.3) is 0 Å². The molecule has 0 aliphatic carbocycles. The molecule has 2 rings (SSSR count). The van der Waals surface area contributed by atoms with Crippen LogP contribution in [0.15, 0.2) is 18.2 Å². The average Bonchev–Trinajstić information content (AvgIpc) is 2.63. The second-order valence-corrected chi connectivity index (χ2v) is 3.89. The Hall–Kier alpha value is -2.04. The molecular weight excluding hydrogens is 221 g/mol. The minimum absolute atomic E-state index is 0.212. The Morgan fingerprint density at radius 1 is 1.35 bits per heavy atom. The molecule has 0 bridgehead atoms. The summed E-state index contributed by atoms with van der Waals surface area (Å²) in [6.45, 7) is 1.69. The van der Waals surface area contributed by atoms with Gasteiger partial charge in [-0.2, -0.15) is 5.10 Å². The van der Waals surface area contributed by atoms with E-state index < -0.39 is 0 Å². The van der Waals surface area contributed by atoms with Crippen molar-refractivity contribution in [2.45, 2.75) is 6.92 Å². The van der Waals surface area contributed by atoms with Gasteiger partial charge < -0.3 is 10.5 Å². The number of anilines is 1. The number of nitrogens with zero attached hydrogens (tertiary/aromatic N) is 2. The van der Waals surface area contributed by atoms with Crippen LogP contribution in [0.4, 0.5) is 10.2 Å². The van der Waals surface area contributed by atoms with Gasteiger partial charge in [-0.3, -0.25) is 4.68 Å². The molecule has 0 unspecified atom stereocenters. The van der Waals surface area contributed by atoms with E-state index in [-0.39, 0.29) is 11.6 Å². The molecule has 0 atom stereocenters. The quantitative estimate of drug-likeness (QED) is 0.867. The molecule has 1 heterocycles. The van der Waals surface area contributed by atoms with Crippen LogP contribution in [0.3, 0.4) is 0 Å². The van der Waals surface area contributed by atoms with Crippen molar-refractivity contribution in [1.82, 2.24) is 9.78 Å². The zero-order valence-electron chi connectivity index (χ0n) is 9.99. The molecule has 5 heteroatoms. The van der Waals surface area contributed by atoms with Gasteiger partial charge in [-0.05, 0) is 24.6 Å². The zero-order valence-corrected chi connectivity index (χ0v) is 9.99. The van der Waals surface area contributed by atoms with E-state index in [4.69, 9.17) is 10.5 Å². The number of methoxy groups -OCH3 is 1. The summed E-state index contributed by atoms with van der Waals surface area (Å²) in [6.07, 6.45) is 0. The number of nitrogen functional groups attached to an aromatic ring is 1. The van der Waals surface area contributed by atoms with Gasteiger partial charge in [0.2, 0.25) is 0 Å². The van der Waals surface area contributed by atoms with Crippen molar-refractivity contribution in [1.29, 1.82) is 0 Å². The lowest BCUT2D eigenvalue weighted by molar-refractivity contribution is 0.385. The predicted octanol–water partition coefficient (Wildman–Crippen LogP) is 2.13. The third-order valence-corrected chi connectivity index (χ3v) is 2.65. The average molecular weight is 235 g/mol. The van der Waals surface area contributed by atoms with Crippen LogP contribution >= 0.6 is 0 Å². The van der Waals surface area contributed by atoms with Crippen molar-refractivity contribution in [3.8, 4) is 17.0 Å². The molecule has 0 aliphatic rings. The van der Waals surface area contributed by atoms with Gasteiger partial charge in [-0.15, -0.1) is 0 Å². The van der Waals surface area contributed by atoms with Crippen LogP contribution in [0.2, 0.25) is 0 Å². The van der Waals surface area contributed by atoms with E-state index in [1.807, 2.05) is 0 Å². The number of ether oxygens (including phenoxy) is 1. The maximum absolute atomic E-state index is 13.6. The predicted molar refractivity (Wildman–Crippen MR) is 64.3 cm³/mol. The fourth-order valence-electron chi connectivity index (χ4n) is 1.66. The van der Waals surface area contributed by atoms with E-state index in [1.165, 1.54) is 7.11 Å². The summed E-state index contributed by atoms with van der Waals surface area (Å²) in [4.78, 5) is 0. The topological polar surface area (TPSA) is 53.1 Å². The van der Waals surface area contributed by atoms with E-state index in [0.717, 1.165) is 5.56 Å². The lowest BCUT2D eigenvalue weighted by atomic mass is 10.1. The number of benzene rings is 1. The van der Waals surface area contributed by atoms with Crippen molar-refractivity contribution < 1.29 is 9.13 Å². The Kier molecular flexibility index (Phi) is 2.75. The molecule has 0 saturated carbocycles. The number of rotatable bonds is 2. The molecule has 2 aromatic rings. The molecule has 0 amide bonds. The van der Waals surface area contributed by atoms with Crippen molar-refractivity contribution in [3.63, 3.8) is 0 Å². The molecule has 0 fully saturated rings. The van der Waals surface area contributed by atoms with Crippen molar-refractivity contribution in [2.24, 2.45) is 7.05 Å². The standard InChI is InChI=1S/C12H14FN3O/c1-7-4-8(5-10(17-3)12(7)13)9-6-11(14)16(2)15-9/h4-6H,14H2,1-3H3. The molecule has 1 aromatic carbocycles. The van der Waals surface area contributed by atoms with Gasteiger partial charge in [0.15, 0.2) is 11.6 Å². The van der Waals surface area contributed by atoms with Gasteiger partial charge in [-0.1, -0.05) is 0 Å². The highest BCUT2D eigenvalue weighted by Crippen LogP contribution is 2.28. The lowest BCUT2D eigenvalue weighted by Crippen LogP contribution is -1.97. The van der Waals surface area contributed by atoms with Gasteiger partial charge in [-0.25, -0.2) is 4.39 Å². The number of hydrogen-bond acceptors (Lipinski definition) is 3. The normalized spacial score (nSPS) is 10.6. The van der Waals surface area contributed by atoms with Gasteiger partial charge in [0.05, 0.1) is 12.8 Å². The number of halogens is 1. The maximum atomic E-state index is 13.6. The molecule has 4 nitrogen and oxygen atoms in total.